The summed E-state index contributed by atoms with van der Waals surface area (Å²) in [7, 11) is 1.75. The van der Waals surface area contributed by atoms with E-state index in [1.165, 1.54) is 0 Å². The molecule has 3 rings (SSSR count). The lowest BCUT2D eigenvalue weighted by Gasteiger charge is -2.07. The summed E-state index contributed by atoms with van der Waals surface area (Å²) in [5.74, 6) is 0. The highest BCUT2D eigenvalue weighted by atomic mass is 16.3. The third-order valence-corrected chi connectivity index (χ3v) is 3.33. The van der Waals surface area contributed by atoms with Gasteiger partial charge in [-0.25, -0.2) is 4.79 Å². The van der Waals surface area contributed by atoms with Gasteiger partial charge in [0.05, 0.1) is 16.6 Å². The Balaban J connectivity index is 2.05. The normalized spacial score (nSPS) is 17.9. The van der Waals surface area contributed by atoms with Gasteiger partial charge in [0, 0.05) is 13.5 Å². The highest BCUT2D eigenvalue weighted by Crippen LogP contribution is 2.38. The van der Waals surface area contributed by atoms with Crippen LogP contribution in [0.5, 0.6) is 0 Å². The average molecular weight is 218 g/mol. The fourth-order valence-corrected chi connectivity index (χ4v) is 2.10. The van der Waals surface area contributed by atoms with Crippen molar-refractivity contribution in [3.63, 3.8) is 0 Å². The van der Waals surface area contributed by atoms with Gasteiger partial charge in [-0.3, -0.25) is 4.57 Å². The van der Waals surface area contributed by atoms with Crippen molar-refractivity contribution in [1.29, 1.82) is 0 Å². The van der Waals surface area contributed by atoms with E-state index < -0.39 is 5.60 Å². The molecule has 16 heavy (non-hydrogen) atoms. The van der Waals surface area contributed by atoms with Gasteiger partial charge in [0.2, 0.25) is 0 Å². The minimum atomic E-state index is -0.483. The topological polar surface area (TPSA) is 58.0 Å². The average Bonchev–Trinajstić information content (AvgIpc) is 2.88. The minimum absolute atomic E-state index is 0.0997. The third-order valence-electron chi connectivity index (χ3n) is 3.33. The number of nitrogens with one attached hydrogen (secondary N) is 1. The van der Waals surface area contributed by atoms with E-state index in [2.05, 4.69) is 4.98 Å². The van der Waals surface area contributed by atoms with Crippen molar-refractivity contribution in [3.05, 3.63) is 34.2 Å². The molecule has 0 radical (unpaired) electrons. The molecule has 0 amide bonds. The molecule has 1 aromatic heterocycles. The summed E-state index contributed by atoms with van der Waals surface area (Å²) in [6.07, 6.45) is 2.45. The van der Waals surface area contributed by atoms with Gasteiger partial charge in [0.25, 0.3) is 0 Å². The largest absolute Gasteiger partial charge is 0.390 e. The second-order valence-corrected chi connectivity index (χ2v) is 4.74. The SMILES string of the molecule is Cn1c(=O)[nH]c2cc(CC3(O)CC3)ccc21. The van der Waals surface area contributed by atoms with Gasteiger partial charge in [0.15, 0.2) is 0 Å². The van der Waals surface area contributed by atoms with Crippen molar-refractivity contribution in [2.24, 2.45) is 7.05 Å². The molecule has 0 unspecified atom stereocenters. The summed E-state index contributed by atoms with van der Waals surface area (Å²) in [5.41, 5.74) is 2.24. The predicted octanol–water partition coefficient (Wildman–Crippen LogP) is 0.934. The molecule has 1 aliphatic rings. The highest BCUT2D eigenvalue weighted by Gasteiger charge is 2.40. The van der Waals surface area contributed by atoms with Gasteiger partial charge in [-0.15, -0.1) is 0 Å². The fraction of sp³-hybridized carbons (Fsp3) is 0.417. The van der Waals surface area contributed by atoms with Crippen LogP contribution >= 0.6 is 0 Å². The molecule has 2 aromatic rings. The molecule has 1 saturated carbocycles. The van der Waals surface area contributed by atoms with Crippen LogP contribution in [0, 0.1) is 0 Å². The quantitative estimate of drug-likeness (QED) is 0.788. The van der Waals surface area contributed by atoms with E-state index in [0.717, 1.165) is 29.4 Å². The number of benzene rings is 1. The van der Waals surface area contributed by atoms with Gasteiger partial charge >= 0.3 is 5.69 Å². The number of imidazole rings is 1. The number of fused-ring (bicyclic) bond motifs is 1. The number of aryl methyl sites for hydroxylation is 1. The van der Waals surface area contributed by atoms with Gasteiger partial charge in [0.1, 0.15) is 0 Å². The van der Waals surface area contributed by atoms with Crippen LogP contribution < -0.4 is 5.69 Å². The summed E-state index contributed by atoms with van der Waals surface area (Å²) < 4.78 is 1.59. The molecule has 1 heterocycles. The molecule has 1 fully saturated rings. The maximum Gasteiger partial charge on any atom is 0.326 e. The Morgan fingerprint density at radius 1 is 1.50 bits per heavy atom. The summed E-state index contributed by atoms with van der Waals surface area (Å²) in [6.45, 7) is 0. The van der Waals surface area contributed by atoms with Crippen molar-refractivity contribution >= 4 is 11.0 Å². The Kier molecular flexibility index (Phi) is 1.80. The van der Waals surface area contributed by atoms with Crippen LogP contribution in [0.2, 0.25) is 0 Å². The zero-order valence-corrected chi connectivity index (χ0v) is 9.16. The van der Waals surface area contributed by atoms with Crippen LogP contribution in [0.25, 0.3) is 11.0 Å². The first-order valence-corrected chi connectivity index (χ1v) is 5.47. The van der Waals surface area contributed by atoms with Gasteiger partial charge in [-0.05, 0) is 30.5 Å². The number of aromatic amines is 1. The predicted molar refractivity (Wildman–Crippen MR) is 61.4 cm³/mol. The molecule has 0 bridgehead atoms. The van der Waals surface area contributed by atoms with Crippen LogP contribution in [0.4, 0.5) is 0 Å². The van der Waals surface area contributed by atoms with Crippen LogP contribution in [0.3, 0.4) is 0 Å². The number of H-pyrrole nitrogens is 1. The summed E-state index contributed by atoms with van der Waals surface area (Å²) in [6, 6.07) is 5.85. The summed E-state index contributed by atoms with van der Waals surface area (Å²) in [4.78, 5) is 14.2. The van der Waals surface area contributed by atoms with E-state index in [1.807, 2.05) is 18.2 Å². The molecule has 84 valence electrons. The Bertz CT molecular complexity index is 605. The molecule has 4 heteroatoms. The van der Waals surface area contributed by atoms with Crippen LogP contribution in [-0.4, -0.2) is 20.3 Å². The monoisotopic (exact) mass is 218 g/mol. The molecule has 4 nitrogen and oxygen atoms in total. The van der Waals surface area contributed by atoms with E-state index in [-0.39, 0.29) is 5.69 Å². The minimum Gasteiger partial charge on any atom is -0.390 e. The molecule has 0 aliphatic heterocycles. The second kappa shape index (κ2) is 2.98. The molecule has 0 saturated heterocycles. The van der Waals surface area contributed by atoms with E-state index in [4.69, 9.17) is 0 Å². The van der Waals surface area contributed by atoms with Crippen molar-refractivity contribution in [3.8, 4) is 0 Å². The van der Waals surface area contributed by atoms with Gasteiger partial charge in [-0.2, -0.15) is 0 Å². The molecule has 1 aromatic carbocycles. The molecule has 1 aliphatic carbocycles. The highest BCUT2D eigenvalue weighted by molar-refractivity contribution is 5.75. The Morgan fingerprint density at radius 2 is 2.25 bits per heavy atom. The number of rotatable bonds is 2. The van der Waals surface area contributed by atoms with E-state index in [0.29, 0.717) is 6.42 Å². The molecular formula is C12H14N2O2. The zero-order chi connectivity index (χ0) is 11.3. The Hall–Kier alpha value is -1.55. The van der Waals surface area contributed by atoms with E-state index >= 15 is 0 Å². The first-order valence-electron chi connectivity index (χ1n) is 5.47. The fourth-order valence-electron chi connectivity index (χ4n) is 2.10. The number of aromatic nitrogens is 2. The van der Waals surface area contributed by atoms with Crippen LogP contribution in [0.15, 0.2) is 23.0 Å². The maximum atomic E-state index is 11.4. The lowest BCUT2D eigenvalue weighted by Crippen LogP contribution is -2.11. The zero-order valence-electron chi connectivity index (χ0n) is 9.16. The van der Waals surface area contributed by atoms with Crippen molar-refractivity contribution in [1.82, 2.24) is 9.55 Å². The number of hydrogen-bond donors (Lipinski definition) is 2. The second-order valence-electron chi connectivity index (χ2n) is 4.74. The van der Waals surface area contributed by atoms with Gasteiger partial charge in [-0.1, -0.05) is 6.07 Å². The summed E-state index contributed by atoms with van der Waals surface area (Å²) in [5, 5.41) is 9.84. The third kappa shape index (κ3) is 1.46. The summed E-state index contributed by atoms with van der Waals surface area (Å²) >= 11 is 0. The van der Waals surface area contributed by atoms with Crippen LogP contribution in [-0.2, 0) is 13.5 Å². The Labute approximate surface area is 92.5 Å². The van der Waals surface area contributed by atoms with E-state index in [9.17, 15) is 9.90 Å². The maximum absolute atomic E-state index is 11.4. The molecular weight excluding hydrogens is 204 g/mol. The number of aliphatic hydroxyl groups is 1. The van der Waals surface area contributed by atoms with E-state index in [1.54, 1.807) is 11.6 Å². The standard InChI is InChI=1S/C12H14N2O2/c1-14-10-3-2-8(7-12(16)4-5-12)6-9(10)13-11(14)15/h2-3,6,16H,4-5,7H2,1H3,(H,13,15). The molecule has 0 spiro atoms. The van der Waals surface area contributed by atoms with Crippen molar-refractivity contribution in [2.45, 2.75) is 24.9 Å². The molecule has 2 N–H and O–H groups in total. The Morgan fingerprint density at radius 3 is 2.94 bits per heavy atom. The number of hydrogen-bond acceptors (Lipinski definition) is 2. The van der Waals surface area contributed by atoms with Crippen molar-refractivity contribution < 1.29 is 5.11 Å². The number of nitrogens with zero attached hydrogens (tertiary/aromatic N) is 1. The van der Waals surface area contributed by atoms with Gasteiger partial charge < -0.3 is 10.1 Å². The first kappa shape index (κ1) is 9.66. The smallest absolute Gasteiger partial charge is 0.326 e. The first-order chi connectivity index (χ1) is 7.57. The van der Waals surface area contributed by atoms with Crippen LogP contribution in [0.1, 0.15) is 18.4 Å². The molecule has 0 atom stereocenters. The lowest BCUT2D eigenvalue weighted by atomic mass is 10.1. The lowest BCUT2D eigenvalue weighted by molar-refractivity contribution is 0.151. The van der Waals surface area contributed by atoms with Crippen molar-refractivity contribution in [2.75, 3.05) is 0 Å².